The van der Waals surface area contributed by atoms with Gasteiger partial charge in [0.2, 0.25) is 5.91 Å². The number of carbonyl (C=O) groups is 2. The van der Waals surface area contributed by atoms with Gasteiger partial charge in [0.1, 0.15) is 5.75 Å². The van der Waals surface area contributed by atoms with Gasteiger partial charge in [-0.3, -0.25) is 20.4 Å². The highest BCUT2D eigenvalue weighted by atomic mass is 35.5. The first-order valence-electron chi connectivity index (χ1n) is 8.17. The number of hydrazine groups is 1. The average Bonchev–Trinajstić information content (AvgIpc) is 2.63. The lowest BCUT2D eigenvalue weighted by Gasteiger charge is -2.12. The summed E-state index contributed by atoms with van der Waals surface area (Å²) in [5.74, 6) is -0.181. The van der Waals surface area contributed by atoms with Crippen LogP contribution < -0.4 is 20.9 Å². The number of carbonyl (C=O) groups excluding carboxylic acids is 2. The first-order chi connectivity index (χ1) is 12.8. The van der Waals surface area contributed by atoms with Crippen molar-refractivity contribution in [2.75, 3.05) is 6.61 Å². The summed E-state index contributed by atoms with van der Waals surface area (Å²) in [7, 11) is 0. The molecule has 0 aliphatic carbocycles. The summed E-state index contributed by atoms with van der Waals surface area (Å²) in [6.07, 6.45) is 0.189. The molecule has 27 heavy (non-hydrogen) atoms. The molecule has 0 radical (unpaired) electrons. The Hall–Kier alpha value is -2.64. The lowest BCUT2D eigenvalue weighted by molar-refractivity contribution is -0.124. The molecule has 142 valence electrons. The smallest absolute Gasteiger partial charge is 0.276 e. The van der Waals surface area contributed by atoms with E-state index in [4.69, 9.17) is 28.6 Å². The summed E-state index contributed by atoms with van der Waals surface area (Å²) in [6, 6.07) is 12.8. The predicted octanol–water partition coefficient (Wildman–Crippen LogP) is 2.60. The van der Waals surface area contributed by atoms with Crippen molar-refractivity contribution in [1.82, 2.24) is 16.2 Å². The van der Waals surface area contributed by atoms with Crippen molar-refractivity contribution in [3.8, 4) is 5.75 Å². The van der Waals surface area contributed by atoms with Crippen LogP contribution in [0.4, 0.5) is 0 Å². The zero-order valence-electron chi connectivity index (χ0n) is 15.0. The maximum absolute atomic E-state index is 11.9. The average molecular weight is 406 g/mol. The van der Waals surface area contributed by atoms with Crippen LogP contribution in [-0.4, -0.2) is 23.5 Å². The minimum absolute atomic E-state index is 0.00228. The van der Waals surface area contributed by atoms with E-state index in [0.717, 1.165) is 16.7 Å². The van der Waals surface area contributed by atoms with E-state index in [0.29, 0.717) is 10.8 Å². The van der Waals surface area contributed by atoms with Crippen molar-refractivity contribution in [3.05, 3.63) is 64.2 Å². The van der Waals surface area contributed by atoms with Gasteiger partial charge in [0.25, 0.3) is 5.91 Å². The fourth-order valence-electron chi connectivity index (χ4n) is 2.28. The highest BCUT2D eigenvalue weighted by Gasteiger charge is 2.09. The maximum Gasteiger partial charge on any atom is 0.276 e. The molecule has 0 aliphatic heterocycles. The Morgan fingerprint density at radius 2 is 1.67 bits per heavy atom. The molecule has 2 amide bonds. The Morgan fingerprint density at radius 3 is 2.30 bits per heavy atom. The van der Waals surface area contributed by atoms with Crippen LogP contribution in [0, 0.1) is 13.8 Å². The van der Waals surface area contributed by atoms with Crippen LogP contribution in [0.2, 0.25) is 5.02 Å². The second-order valence-electron chi connectivity index (χ2n) is 5.87. The number of nitrogens with one attached hydrogen (secondary N) is 3. The van der Waals surface area contributed by atoms with Crippen LogP contribution in [0.3, 0.4) is 0 Å². The first kappa shape index (κ1) is 20.7. The van der Waals surface area contributed by atoms with Gasteiger partial charge in [-0.05, 0) is 54.9 Å². The Labute approximate surface area is 168 Å². The zero-order chi connectivity index (χ0) is 19.8. The monoisotopic (exact) mass is 405 g/mol. The van der Waals surface area contributed by atoms with Gasteiger partial charge in [-0.25, -0.2) is 0 Å². The summed E-state index contributed by atoms with van der Waals surface area (Å²) in [6.45, 7) is 3.51. The minimum Gasteiger partial charge on any atom is -0.484 e. The van der Waals surface area contributed by atoms with Gasteiger partial charge < -0.3 is 10.1 Å². The van der Waals surface area contributed by atoms with E-state index in [2.05, 4.69) is 16.2 Å². The van der Waals surface area contributed by atoms with Gasteiger partial charge in [0, 0.05) is 5.02 Å². The Balaban J connectivity index is 1.72. The molecule has 8 heteroatoms. The Morgan fingerprint density at radius 1 is 1.04 bits per heavy atom. The molecule has 0 heterocycles. The number of halogens is 1. The fraction of sp³-hybridized carbons (Fsp3) is 0.211. The van der Waals surface area contributed by atoms with Crippen LogP contribution >= 0.6 is 23.8 Å². The molecular formula is C19H20ClN3O3S. The highest BCUT2D eigenvalue weighted by molar-refractivity contribution is 7.80. The third-order valence-corrected chi connectivity index (χ3v) is 4.36. The lowest BCUT2D eigenvalue weighted by Crippen LogP contribution is -2.49. The summed E-state index contributed by atoms with van der Waals surface area (Å²) in [5.41, 5.74) is 7.43. The predicted molar refractivity (Wildman–Crippen MR) is 109 cm³/mol. The third-order valence-electron chi connectivity index (χ3n) is 3.56. The molecule has 2 rings (SSSR count). The SMILES string of the molecule is Cc1cc(OCC(=O)NNC(=S)NC(=O)Cc2ccccc2)cc(C)c1Cl. The summed E-state index contributed by atoms with van der Waals surface area (Å²) >= 11 is 11.1. The molecule has 0 spiro atoms. The second-order valence-corrected chi connectivity index (χ2v) is 6.66. The Kier molecular flexibility index (Phi) is 7.57. The van der Waals surface area contributed by atoms with E-state index in [1.54, 1.807) is 12.1 Å². The van der Waals surface area contributed by atoms with E-state index >= 15 is 0 Å². The molecule has 2 aromatic carbocycles. The molecule has 0 atom stereocenters. The zero-order valence-corrected chi connectivity index (χ0v) is 16.5. The number of hydrogen-bond acceptors (Lipinski definition) is 4. The molecule has 0 fully saturated rings. The maximum atomic E-state index is 11.9. The molecule has 0 bridgehead atoms. The number of benzene rings is 2. The van der Waals surface area contributed by atoms with Crippen LogP contribution in [0.15, 0.2) is 42.5 Å². The van der Waals surface area contributed by atoms with E-state index in [-0.39, 0.29) is 24.0 Å². The van der Waals surface area contributed by atoms with Gasteiger partial charge in [-0.1, -0.05) is 41.9 Å². The van der Waals surface area contributed by atoms with Crippen molar-refractivity contribution in [1.29, 1.82) is 0 Å². The van der Waals surface area contributed by atoms with Gasteiger partial charge in [0.05, 0.1) is 6.42 Å². The van der Waals surface area contributed by atoms with Gasteiger partial charge >= 0.3 is 0 Å². The van der Waals surface area contributed by atoms with Crippen LogP contribution in [0.1, 0.15) is 16.7 Å². The Bertz CT molecular complexity index is 820. The molecule has 0 unspecified atom stereocenters. The van der Waals surface area contributed by atoms with Crippen molar-refractivity contribution < 1.29 is 14.3 Å². The third kappa shape index (κ3) is 6.88. The minimum atomic E-state index is -0.445. The molecule has 3 N–H and O–H groups in total. The van der Waals surface area contributed by atoms with Gasteiger partial charge in [0.15, 0.2) is 11.7 Å². The van der Waals surface area contributed by atoms with Crippen molar-refractivity contribution in [2.45, 2.75) is 20.3 Å². The van der Waals surface area contributed by atoms with Crippen LogP contribution in [0.25, 0.3) is 0 Å². The summed E-state index contributed by atoms with van der Waals surface area (Å²) in [5, 5.41) is 3.16. The normalized spacial score (nSPS) is 10.0. The summed E-state index contributed by atoms with van der Waals surface area (Å²) in [4.78, 5) is 23.7. The molecular weight excluding hydrogens is 386 g/mol. The number of aryl methyl sites for hydroxylation is 2. The molecule has 0 saturated heterocycles. The van der Waals surface area contributed by atoms with Crippen LogP contribution in [0.5, 0.6) is 5.75 Å². The molecule has 0 saturated carbocycles. The summed E-state index contributed by atoms with van der Waals surface area (Å²) < 4.78 is 5.44. The molecule has 0 aromatic heterocycles. The fourth-order valence-corrected chi connectivity index (χ4v) is 2.56. The van der Waals surface area contributed by atoms with Crippen LogP contribution in [-0.2, 0) is 16.0 Å². The van der Waals surface area contributed by atoms with E-state index < -0.39 is 5.91 Å². The van der Waals surface area contributed by atoms with E-state index in [9.17, 15) is 9.59 Å². The number of amides is 2. The number of hydrogen-bond donors (Lipinski definition) is 3. The van der Waals surface area contributed by atoms with Crippen molar-refractivity contribution in [2.24, 2.45) is 0 Å². The number of rotatable bonds is 5. The quantitative estimate of drug-likeness (QED) is 0.526. The van der Waals surface area contributed by atoms with Gasteiger partial charge in [-0.2, -0.15) is 0 Å². The molecule has 0 aliphatic rings. The standard InChI is InChI=1S/C19H20ClN3O3S/c1-12-8-15(9-13(2)18(12)20)26-11-17(25)22-23-19(27)21-16(24)10-14-6-4-3-5-7-14/h3-9H,10-11H2,1-2H3,(H,22,25)(H2,21,23,24,27). The van der Waals surface area contributed by atoms with Crippen molar-refractivity contribution in [3.63, 3.8) is 0 Å². The topological polar surface area (TPSA) is 79.5 Å². The van der Waals surface area contributed by atoms with E-state index in [1.165, 1.54) is 0 Å². The first-order valence-corrected chi connectivity index (χ1v) is 8.96. The molecule has 6 nitrogen and oxygen atoms in total. The lowest BCUT2D eigenvalue weighted by atomic mass is 10.1. The molecule has 2 aromatic rings. The highest BCUT2D eigenvalue weighted by Crippen LogP contribution is 2.25. The number of thiocarbonyl (C=S) groups is 1. The largest absolute Gasteiger partial charge is 0.484 e. The van der Waals surface area contributed by atoms with Crippen molar-refractivity contribution >= 4 is 40.7 Å². The number of ether oxygens (including phenoxy) is 1. The van der Waals surface area contributed by atoms with Gasteiger partial charge in [-0.15, -0.1) is 0 Å². The van der Waals surface area contributed by atoms with E-state index in [1.807, 2.05) is 44.2 Å². The second kappa shape index (κ2) is 9.89.